The molecule has 0 saturated carbocycles. The van der Waals surface area contributed by atoms with Gasteiger partial charge in [0.1, 0.15) is 0 Å². The van der Waals surface area contributed by atoms with Crippen molar-refractivity contribution in [1.29, 1.82) is 0 Å². The number of amides is 2. The number of fused-ring (bicyclic) bond motifs is 1. The average Bonchev–Trinajstić information content (AvgIpc) is 3.17. The molecule has 0 aliphatic carbocycles. The number of carbonyl (C=O) groups is 2. The van der Waals surface area contributed by atoms with Gasteiger partial charge < -0.3 is 15.0 Å². The lowest BCUT2D eigenvalue weighted by Crippen LogP contribution is -2.45. The molecule has 2 aliphatic rings. The van der Waals surface area contributed by atoms with E-state index in [0.717, 1.165) is 12.1 Å². The van der Waals surface area contributed by atoms with Crippen LogP contribution in [0.25, 0.3) is 0 Å². The summed E-state index contributed by atoms with van der Waals surface area (Å²) < 4.78 is 7.17. The first-order valence-corrected chi connectivity index (χ1v) is 7.28. The van der Waals surface area contributed by atoms with Crippen LogP contribution in [0, 0.1) is 5.92 Å². The largest absolute Gasteiger partial charge is 0.381 e. The van der Waals surface area contributed by atoms with Crippen LogP contribution in [-0.2, 0) is 20.9 Å². The number of carbonyl (C=O) groups excluding carboxylic acids is 2. The third kappa shape index (κ3) is 2.78. The molecule has 114 valence electrons. The highest BCUT2D eigenvalue weighted by atomic mass is 16.5. The number of nitrogens with one attached hydrogen (secondary N) is 1. The zero-order valence-corrected chi connectivity index (χ0v) is 12.1. The van der Waals surface area contributed by atoms with Crippen molar-refractivity contribution >= 4 is 11.8 Å². The van der Waals surface area contributed by atoms with Gasteiger partial charge in [0.05, 0.1) is 37.2 Å². The van der Waals surface area contributed by atoms with Gasteiger partial charge in [-0.05, 0) is 12.5 Å². The van der Waals surface area contributed by atoms with Gasteiger partial charge in [-0.25, -0.2) is 0 Å². The highest BCUT2D eigenvalue weighted by molar-refractivity contribution is 5.80. The number of nitrogens with zero attached hydrogens (tertiary/aromatic N) is 3. The van der Waals surface area contributed by atoms with Crippen molar-refractivity contribution in [2.45, 2.75) is 25.4 Å². The van der Waals surface area contributed by atoms with E-state index in [-0.39, 0.29) is 23.8 Å². The predicted octanol–water partition coefficient (Wildman–Crippen LogP) is -0.0610. The maximum Gasteiger partial charge on any atom is 0.228 e. The molecule has 1 N–H and O–H groups in total. The number of rotatable bonds is 3. The normalized spacial score (nSPS) is 24.7. The Balaban J connectivity index is 1.76. The molecule has 1 fully saturated rings. The average molecular weight is 292 g/mol. The molecule has 1 aromatic heterocycles. The zero-order valence-electron chi connectivity index (χ0n) is 12.1. The van der Waals surface area contributed by atoms with Gasteiger partial charge in [-0.3, -0.25) is 14.3 Å². The lowest BCUT2D eigenvalue weighted by Gasteiger charge is -2.34. The van der Waals surface area contributed by atoms with Crippen LogP contribution in [0.3, 0.4) is 0 Å². The Morgan fingerprint density at radius 1 is 1.52 bits per heavy atom. The minimum Gasteiger partial charge on any atom is -0.381 e. The summed E-state index contributed by atoms with van der Waals surface area (Å²) in [6.07, 6.45) is 2.84. The van der Waals surface area contributed by atoms with E-state index in [1.165, 1.54) is 0 Å². The molecule has 0 unspecified atom stereocenters. The Morgan fingerprint density at radius 2 is 2.38 bits per heavy atom. The molecule has 2 amide bonds. The fourth-order valence-electron chi connectivity index (χ4n) is 3.01. The smallest absolute Gasteiger partial charge is 0.228 e. The fraction of sp³-hybridized carbons (Fsp3) is 0.643. The summed E-state index contributed by atoms with van der Waals surface area (Å²) >= 11 is 0. The van der Waals surface area contributed by atoms with E-state index in [4.69, 9.17) is 4.74 Å². The highest BCUT2D eigenvalue weighted by Crippen LogP contribution is 2.26. The molecule has 0 aromatic carbocycles. The van der Waals surface area contributed by atoms with E-state index in [1.807, 2.05) is 15.6 Å². The summed E-state index contributed by atoms with van der Waals surface area (Å²) in [5, 5.41) is 6.92. The Hall–Kier alpha value is -1.89. The molecule has 0 radical (unpaired) electrons. The van der Waals surface area contributed by atoms with Crippen LogP contribution in [0.15, 0.2) is 12.3 Å². The van der Waals surface area contributed by atoms with Gasteiger partial charge in [0, 0.05) is 26.4 Å². The van der Waals surface area contributed by atoms with E-state index in [0.29, 0.717) is 32.7 Å². The van der Waals surface area contributed by atoms with E-state index >= 15 is 0 Å². The monoisotopic (exact) mass is 292 g/mol. The molecule has 2 atom stereocenters. The SMILES string of the molecule is CNC(=O)C[C@@H]1CN(C(=O)[C@H]2CCOC2)Cc2ccnn21. The van der Waals surface area contributed by atoms with Crippen molar-refractivity contribution in [3.63, 3.8) is 0 Å². The molecule has 0 spiro atoms. The van der Waals surface area contributed by atoms with Gasteiger partial charge in [-0.2, -0.15) is 5.10 Å². The molecule has 0 bridgehead atoms. The zero-order chi connectivity index (χ0) is 14.8. The maximum atomic E-state index is 12.5. The van der Waals surface area contributed by atoms with Gasteiger partial charge in [-0.15, -0.1) is 0 Å². The van der Waals surface area contributed by atoms with E-state index in [9.17, 15) is 9.59 Å². The van der Waals surface area contributed by atoms with Crippen molar-refractivity contribution in [2.75, 3.05) is 26.8 Å². The first-order valence-electron chi connectivity index (χ1n) is 7.28. The van der Waals surface area contributed by atoms with Crippen molar-refractivity contribution in [3.8, 4) is 0 Å². The lowest BCUT2D eigenvalue weighted by molar-refractivity contribution is -0.138. The van der Waals surface area contributed by atoms with Crippen molar-refractivity contribution in [2.24, 2.45) is 5.92 Å². The predicted molar refractivity (Wildman–Crippen MR) is 74.3 cm³/mol. The number of aromatic nitrogens is 2. The first-order chi connectivity index (χ1) is 10.2. The Labute approximate surface area is 123 Å². The lowest BCUT2D eigenvalue weighted by atomic mass is 10.0. The van der Waals surface area contributed by atoms with Crippen LogP contribution >= 0.6 is 0 Å². The molecule has 21 heavy (non-hydrogen) atoms. The molecule has 3 rings (SSSR count). The van der Waals surface area contributed by atoms with Crippen LogP contribution < -0.4 is 5.32 Å². The number of hydrogen-bond donors (Lipinski definition) is 1. The van der Waals surface area contributed by atoms with E-state index < -0.39 is 0 Å². The standard InChI is InChI=1S/C14H20N4O3/c1-15-13(19)6-12-8-17(7-11-2-4-16-18(11)12)14(20)10-3-5-21-9-10/h2,4,10,12H,3,5-9H2,1H3,(H,15,19)/t10-,12+/m0/s1. The Kier molecular flexibility index (Phi) is 3.92. The van der Waals surface area contributed by atoms with Crippen LogP contribution in [0.4, 0.5) is 0 Å². The second kappa shape index (κ2) is 5.85. The number of ether oxygens (including phenoxy) is 1. The van der Waals surface area contributed by atoms with Crippen molar-refractivity contribution in [3.05, 3.63) is 18.0 Å². The molecule has 2 aliphatic heterocycles. The third-order valence-electron chi connectivity index (χ3n) is 4.17. The summed E-state index contributed by atoms with van der Waals surface area (Å²) in [5.41, 5.74) is 0.974. The maximum absolute atomic E-state index is 12.5. The Bertz CT molecular complexity index is 536. The van der Waals surface area contributed by atoms with Crippen LogP contribution in [-0.4, -0.2) is 53.3 Å². The summed E-state index contributed by atoms with van der Waals surface area (Å²) in [4.78, 5) is 26.1. The molecule has 1 saturated heterocycles. The van der Waals surface area contributed by atoms with Gasteiger partial charge in [0.25, 0.3) is 0 Å². The summed E-state index contributed by atoms with van der Waals surface area (Å²) in [6.45, 7) is 2.25. The summed E-state index contributed by atoms with van der Waals surface area (Å²) in [7, 11) is 1.62. The second-order valence-corrected chi connectivity index (χ2v) is 5.58. The highest BCUT2D eigenvalue weighted by Gasteiger charge is 2.34. The van der Waals surface area contributed by atoms with Gasteiger partial charge >= 0.3 is 0 Å². The summed E-state index contributed by atoms with van der Waals surface area (Å²) in [6, 6.07) is 1.80. The first kappa shape index (κ1) is 14.1. The van der Waals surface area contributed by atoms with Crippen molar-refractivity contribution in [1.82, 2.24) is 20.0 Å². The van der Waals surface area contributed by atoms with E-state index in [1.54, 1.807) is 13.2 Å². The minimum atomic E-state index is -0.102. The molecule has 1 aromatic rings. The Morgan fingerprint density at radius 3 is 3.10 bits per heavy atom. The molecule has 7 nitrogen and oxygen atoms in total. The number of hydrogen-bond acceptors (Lipinski definition) is 4. The molecule has 3 heterocycles. The van der Waals surface area contributed by atoms with Gasteiger partial charge in [0.2, 0.25) is 11.8 Å². The van der Waals surface area contributed by atoms with Crippen LogP contribution in [0.2, 0.25) is 0 Å². The van der Waals surface area contributed by atoms with Crippen LogP contribution in [0.5, 0.6) is 0 Å². The third-order valence-corrected chi connectivity index (χ3v) is 4.17. The van der Waals surface area contributed by atoms with Gasteiger partial charge in [0.15, 0.2) is 0 Å². The molecular formula is C14H20N4O3. The fourth-order valence-corrected chi connectivity index (χ4v) is 3.01. The second-order valence-electron chi connectivity index (χ2n) is 5.58. The molecular weight excluding hydrogens is 272 g/mol. The van der Waals surface area contributed by atoms with Gasteiger partial charge in [-0.1, -0.05) is 0 Å². The van der Waals surface area contributed by atoms with Crippen LogP contribution in [0.1, 0.15) is 24.6 Å². The molecule has 7 heteroatoms. The summed E-state index contributed by atoms with van der Waals surface area (Å²) in [5.74, 6) is 0.0435. The quantitative estimate of drug-likeness (QED) is 0.846. The van der Waals surface area contributed by atoms with Crippen molar-refractivity contribution < 1.29 is 14.3 Å². The van der Waals surface area contributed by atoms with E-state index in [2.05, 4.69) is 10.4 Å². The topological polar surface area (TPSA) is 76.5 Å². The minimum absolute atomic E-state index is 0.0416.